The Bertz CT molecular complexity index is 704. The summed E-state index contributed by atoms with van der Waals surface area (Å²) in [5.74, 6) is 1.59. The Balaban J connectivity index is 1.85. The average Bonchev–Trinajstić information content (AvgIpc) is 3.17. The van der Waals surface area contributed by atoms with Crippen molar-refractivity contribution >= 4 is 5.91 Å². The number of nitrogens with zero attached hydrogens (tertiary/aromatic N) is 3. The largest absolute Gasteiger partial charge is 0.437 e. The fourth-order valence-corrected chi connectivity index (χ4v) is 2.87. The van der Waals surface area contributed by atoms with Gasteiger partial charge >= 0.3 is 5.91 Å². The van der Waals surface area contributed by atoms with Gasteiger partial charge in [-0.05, 0) is 26.7 Å². The lowest BCUT2D eigenvalue weighted by Gasteiger charge is -2.21. The smallest absolute Gasteiger partial charge is 0.310 e. The van der Waals surface area contributed by atoms with Crippen molar-refractivity contribution in [2.24, 2.45) is 0 Å². The molecule has 0 spiro atoms. The van der Waals surface area contributed by atoms with Gasteiger partial charge in [0, 0.05) is 17.7 Å². The first kappa shape index (κ1) is 15.8. The number of carbonyl (C=O) groups is 1. The lowest BCUT2D eigenvalue weighted by atomic mass is 9.94. The first-order chi connectivity index (χ1) is 10.8. The van der Waals surface area contributed by atoms with Crippen LogP contribution in [0.4, 0.5) is 0 Å². The molecule has 3 heterocycles. The molecule has 1 aliphatic rings. The minimum absolute atomic E-state index is 0.0279. The molecule has 0 radical (unpaired) electrons. The summed E-state index contributed by atoms with van der Waals surface area (Å²) < 4.78 is 5.70. The number of aromatic nitrogens is 3. The summed E-state index contributed by atoms with van der Waals surface area (Å²) in [4.78, 5) is 26.7. The number of likely N-dealkylation sites (tertiary alicyclic amines) is 1. The Morgan fingerprint density at radius 2 is 2.13 bits per heavy atom. The molecule has 0 aliphatic carbocycles. The van der Waals surface area contributed by atoms with Crippen molar-refractivity contribution in [3.63, 3.8) is 0 Å². The molecular formula is C17H24N4O2. The molecule has 0 bridgehead atoms. The van der Waals surface area contributed by atoms with Crippen LogP contribution in [-0.4, -0.2) is 32.3 Å². The molecule has 124 valence electrons. The van der Waals surface area contributed by atoms with Crippen molar-refractivity contribution in [1.29, 1.82) is 0 Å². The van der Waals surface area contributed by atoms with E-state index in [2.05, 4.69) is 15.0 Å². The molecule has 0 aromatic carbocycles. The van der Waals surface area contributed by atoms with Gasteiger partial charge in [-0.2, -0.15) is 0 Å². The molecule has 6 heteroatoms. The summed E-state index contributed by atoms with van der Waals surface area (Å²) in [6.07, 6.45) is 3.52. The third kappa shape index (κ3) is 2.90. The van der Waals surface area contributed by atoms with Crippen molar-refractivity contribution in [3.05, 3.63) is 35.1 Å². The Labute approximate surface area is 136 Å². The zero-order valence-corrected chi connectivity index (χ0v) is 14.4. The number of aromatic amines is 1. The lowest BCUT2D eigenvalue weighted by molar-refractivity contribution is 0.0686. The van der Waals surface area contributed by atoms with E-state index in [1.807, 2.05) is 39.5 Å². The highest BCUT2D eigenvalue weighted by molar-refractivity contribution is 5.90. The van der Waals surface area contributed by atoms with Gasteiger partial charge < -0.3 is 14.3 Å². The van der Waals surface area contributed by atoms with E-state index in [1.165, 1.54) is 0 Å². The number of oxazole rings is 1. The maximum Gasteiger partial charge on any atom is 0.310 e. The van der Waals surface area contributed by atoms with Crippen LogP contribution in [0.25, 0.3) is 0 Å². The second-order valence-corrected chi connectivity index (χ2v) is 7.27. The van der Waals surface area contributed by atoms with Gasteiger partial charge in [0.25, 0.3) is 5.89 Å². The summed E-state index contributed by atoms with van der Waals surface area (Å²) in [5, 5.41) is 0. The first-order valence-electron chi connectivity index (χ1n) is 8.08. The van der Waals surface area contributed by atoms with E-state index in [9.17, 15) is 4.79 Å². The number of imidazole rings is 1. The highest BCUT2D eigenvalue weighted by Gasteiger charge is 2.35. The van der Waals surface area contributed by atoms with Gasteiger partial charge in [0.2, 0.25) is 0 Å². The minimum Gasteiger partial charge on any atom is -0.437 e. The highest BCUT2D eigenvalue weighted by Crippen LogP contribution is 2.32. The Hall–Kier alpha value is -2.11. The normalized spacial score (nSPS) is 18.7. The van der Waals surface area contributed by atoms with E-state index in [0.717, 1.165) is 35.8 Å². The predicted molar refractivity (Wildman–Crippen MR) is 86.3 cm³/mol. The van der Waals surface area contributed by atoms with Gasteiger partial charge in [0.05, 0.1) is 17.9 Å². The van der Waals surface area contributed by atoms with Crippen LogP contribution in [0.2, 0.25) is 0 Å². The molecule has 0 saturated carbocycles. The molecule has 1 amide bonds. The number of hydrogen-bond donors (Lipinski definition) is 1. The number of nitrogens with one attached hydrogen (secondary N) is 1. The van der Waals surface area contributed by atoms with E-state index in [4.69, 9.17) is 4.42 Å². The molecule has 1 fully saturated rings. The van der Waals surface area contributed by atoms with Gasteiger partial charge in [-0.3, -0.25) is 4.79 Å². The minimum atomic E-state index is -0.162. The number of rotatable bonds is 2. The lowest BCUT2D eigenvalue weighted by Crippen LogP contribution is -2.31. The van der Waals surface area contributed by atoms with E-state index in [0.29, 0.717) is 6.54 Å². The van der Waals surface area contributed by atoms with Gasteiger partial charge in [0.1, 0.15) is 11.6 Å². The number of amides is 1. The van der Waals surface area contributed by atoms with Crippen LogP contribution in [0.5, 0.6) is 0 Å². The molecule has 1 unspecified atom stereocenters. The first-order valence-corrected chi connectivity index (χ1v) is 8.08. The van der Waals surface area contributed by atoms with Crippen LogP contribution in [0.1, 0.15) is 73.3 Å². The van der Waals surface area contributed by atoms with Crippen LogP contribution in [0, 0.1) is 13.8 Å². The second kappa shape index (κ2) is 5.51. The average molecular weight is 316 g/mol. The SMILES string of the molecule is Cc1nc(C2CCCN2C(=O)c2ncc(C(C)(C)C)o2)[nH]c1C. The van der Waals surface area contributed by atoms with E-state index < -0.39 is 0 Å². The maximum absolute atomic E-state index is 12.8. The zero-order chi connectivity index (χ0) is 16.8. The molecule has 2 aromatic heterocycles. The zero-order valence-electron chi connectivity index (χ0n) is 14.4. The molecule has 1 aliphatic heterocycles. The molecule has 6 nitrogen and oxygen atoms in total. The monoisotopic (exact) mass is 316 g/mol. The summed E-state index contributed by atoms with van der Waals surface area (Å²) in [6.45, 7) is 10.8. The molecule has 1 saturated heterocycles. The molecule has 1 N–H and O–H groups in total. The molecule has 1 atom stereocenters. The van der Waals surface area contributed by atoms with E-state index in [-0.39, 0.29) is 23.3 Å². The van der Waals surface area contributed by atoms with Crippen LogP contribution in [0.15, 0.2) is 10.6 Å². The number of aryl methyl sites for hydroxylation is 2. The molecule has 2 aromatic rings. The third-order valence-corrected chi connectivity index (χ3v) is 4.40. The van der Waals surface area contributed by atoms with Crippen molar-refractivity contribution in [2.75, 3.05) is 6.54 Å². The summed E-state index contributed by atoms with van der Waals surface area (Å²) >= 11 is 0. The molecular weight excluding hydrogens is 292 g/mol. The van der Waals surface area contributed by atoms with Crippen molar-refractivity contribution in [2.45, 2.75) is 58.9 Å². The predicted octanol–water partition coefficient (Wildman–Crippen LogP) is 3.29. The maximum atomic E-state index is 12.8. The topological polar surface area (TPSA) is 75.0 Å². The van der Waals surface area contributed by atoms with Crippen molar-refractivity contribution in [1.82, 2.24) is 19.9 Å². The summed E-state index contributed by atoms with van der Waals surface area (Å²) in [5.41, 5.74) is 1.86. The van der Waals surface area contributed by atoms with Crippen LogP contribution in [-0.2, 0) is 5.41 Å². The highest BCUT2D eigenvalue weighted by atomic mass is 16.4. The Kier molecular flexibility index (Phi) is 3.78. The number of hydrogen-bond acceptors (Lipinski definition) is 4. The molecule has 3 rings (SSSR count). The van der Waals surface area contributed by atoms with Crippen molar-refractivity contribution in [3.8, 4) is 0 Å². The van der Waals surface area contributed by atoms with E-state index in [1.54, 1.807) is 6.20 Å². The van der Waals surface area contributed by atoms with Gasteiger partial charge in [-0.1, -0.05) is 20.8 Å². The molecule has 23 heavy (non-hydrogen) atoms. The van der Waals surface area contributed by atoms with E-state index >= 15 is 0 Å². The Morgan fingerprint density at radius 1 is 1.39 bits per heavy atom. The van der Waals surface area contributed by atoms with Crippen LogP contribution in [0.3, 0.4) is 0 Å². The third-order valence-electron chi connectivity index (χ3n) is 4.40. The number of H-pyrrole nitrogens is 1. The summed E-state index contributed by atoms with van der Waals surface area (Å²) in [7, 11) is 0. The fraction of sp³-hybridized carbons (Fsp3) is 0.588. The van der Waals surface area contributed by atoms with Gasteiger partial charge in [-0.25, -0.2) is 9.97 Å². The fourth-order valence-electron chi connectivity index (χ4n) is 2.87. The van der Waals surface area contributed by atoms with Gasteiger partial charge in [0.15, 0.2) is 0 Å². The van der Waals surface area contributed by atoms with Crippen molar-refractivity contribution < 1.29 is 9.21 Å². The van der Waals surface area contributed by atoms with Crippen LogP contribution >= 0.6 is 0 Å². The quantitative estimate of drug-likeness (QED) is 0.922. The number of carbonyl (C=O) groups excluding carboxylic acids is 1. The van der Waals surface area contributed by atoms with Crippen LogP contribution < -0.4 is 0 Å². The summed E-state index contributed by atoms with van der Waals surface area (Å²) in [6, 6.07) is -0.0279. The second-order valence-electron chi connectivity index (χ2n) is 7.27. The Morgan fingerprint density at radius 3 is 2.70 bits per heavy atom. The van der Waals surface area contributed by atoms with Gasteiger partial charge in [-0.15, -0.1) is 0 Å². The standard InChI is InChI=1S/C17H24N4O2/c1-10-11(2)20-14(19-10)12-7-6-8-21(12)16(22)15-18-9-13(23-15)17(3,4)5/h9,12H,6-8H2,1-5H3,(H,19,20).